The Hall–Kier alpha value is -3.26. The minimum absolute atomic E-state index is 0.0893. The topological polar surface area (TPSA) is 81.1 Å². The van der Waals surface area contributed by atoms with E-state index in [1.54, 1.807) is 36.5 Å². The molecule has 0 unspecified atom stereocenters. The first-order chi connectivity index (χ1) is 14.1. The smallest absolute Gasteiger partial charge is 0.290 e. The number of carbonyl (C=O) groups is 2. The van der Waals surface area contributed by atoms with E-state index in [2.05, 4.69) is 0 Å². The van der Waals surface area contributed by atoms with Crippen LogP contribution in [-0.4, -0.2) is 53.0 Å². The summed E-state index contributed by atoms with van der Waals surface area (Å²) in [5, 5.41) is 0. The van der Waals surface area contributed by atoms with Gasteiger partial charge in [-0.3, -0.25) is 9.59 Å². The predicted octanol–water partition coefficient (Wildman–Crippen LogP) is 2.53. The first-order valence-corrected chi connectivity index (χ1v) is 9.30. The summed E-state index contributed by atoms with van der Waals surface area (Å²) in [5.74, 6) is 0.318. The van der Waals surface area contributed by atoms with Crippen LogP contribution in [-0.2, 0) is 29.7 Å². The lowest BCUT2D eigenvalue weighted by atomic mass is 10.3. The number of ether oxygens (including phenoxy) is 1. The van der Waals surface area contributed by atoms with E-state index in [4.69, 9.17) is 13.6 Å². The molecule has 0 atom stereocenters. The van der Waals surface area contributed by atoms with E-state index < -0.39 is 0 Å². The number of nitrogens with zero attached hydrogens (tertiary/aromatic N) is 3. The van der Waals surface area contributed by atoms with Gasteiger partial charge in [-0.05, 0) is 36.4 Å². The summed E-state index contributed by atoms with van der Waals surface area (Å²) in [6, 6.07) is 10.7. The lowest BCUT2D eigenvalue weighted by Gasteiger charge is -2.27. The molecular formula is C21H25N3O5. The van der Waals surface area contributed by atoms with Crippen molar-refractivity contribution in [1.29, 1.82) is 0 Å². The molecule has 0 bridgehead atoms. The zero-order valence-corrected chi connectivity index (χ0v) is 16.6. The maximum absolute atomic E-state index is 13.2. The van der Waals surface area contributed by atoms with Crippen LogP contribution in [0.15, 0.2) is 64.0 Å². The summed E-state index contributed by atoms with van der Waals surface area (Å²) in [7, 11) is 3.48. The van der Waals surface area contributed by atoms with Crippen LogP contribution >= 0.6 is 0 Å². The highest BCUT2D eigenvalue weighted by molar-refractivity contribution is 5.94. The molecule has 8 nitrogen and oxygen atoms in total. The summed E-state index contributed by atoms with van der Waals surface area (Å²) in [6.45, 7) is 1.21. The summed E-state index contributed by atoms with van der Waals surface area (Å²) < 4.78 is 17.7. The first-order valence-electron chi connectivity index (χ1n) is 9.30. The molecule has 0 aromatic carbocycles. The van der Waals surface area contributed by atoms with Crippen LogP contribution in [0.5, 0.6) is 0 Å². The van der Waals surface area contributed by atoms with Gasteiger partial charge in [-0.15, -0.1) is 0 Å². The van der Waals surface area contributed by atoms with Crippen LogP contribution in [0.4, 0.5) is 0 Å². The van der Waals surface area contributed by atoms with Crippen molar-refractivity contribution in [2.75, 3.05) is 26.8 Å². The summed E-state index contributed by atoms with van der Waals surface area (Å²) in [6.07, 6.45) is 4.93. The summed E-state index contributed by atoms with van der Waals surface area (Å²) in [4.78, 5) is 29.0. The molecule has 0 saturated carbocycles. The third kappa shape index (κ3) is 5.39. The normalized spacial score (nSPS) is 10.8. The van der Waals surface area contributed by atoms with Gasteiger partial charge in [0.2, 0.25) is 5.91 Å². The highest BCUT2D eigenvalue weighted by atomic mass is 16.5. The summed E-state index contributed by atoms with van der Waals surface area (Å²) in [5.41, 5.74) is 0.978. The van der Waals surface area contributed by atoms with Gasteiger partial charge in [-0.2, -0.15) is 0 Å². The van der Waals surface area contributed by atoms with Crippen molar-refractivity contribution in [3.63, 3.8) is 0 Å². The lowest BCUT2D eigenvalue weighted by molar-refractivity contribution is -0.133. The average Bonchev–Trinajstić information content (AvgIpc) is 3.48. The zero-order valence-electron chi connectivity index (χ0n) is 16.6. The Kier molecular flexibility index (Phi) is 6.91. The molecule has 0 saturated heterocycles. The number of carbonyl (C=O) groups excluding carboxylic acids is 2. The average molecular weight is 399 g/mol. The fourth-order valence-corrected chi connectivity index (χ4v) is 2.95. The van der Waals surface area contributed by atoms with Gasteiger partial charge in [0.05, 0.1) is 32.2 Å². The Balaban J connectivity index is 1.76. The fourth-order valence-electron chi connectivity index (χ4n) is 2.95. The molecule has 3 rings (SSSR count). The molecule has 0 spiro atoms. The maximum atomic E-state index is 13.2. The minimum atomic E-state index is -0.350. The molecule has 0 N–H and O–H groups in total. The van der Waals surface area contributed by atoms with Crippen molar-refractivity contribution in [3.8, 4) is 0 Å². The number of hydrogen-bond donors (Lipinski definition) is 0. The largest absolute Gasteiger partial charge is 0.467 e. The highest BCUT2D eigenvalue weighted by Crippen LogP contribution is 2.13. The number of hydrogen-bond acceptors (Lipinski definition) is 5. The van der Waals surface area contributed by atoms with Gasteiger partial charge < -0.3 is 27.9 Å². The molecule has 154 valence electrons. The number of aromatic nitrogens is 1. The Bertz CT molecular complexity index is 899. The second kappa shape index (κ2) is 9.79. The van der Waals surface area contributed by atoms with Gasteiger partial charge in [0.1, 0.15) is 12.3 Å². The van der Waals surface area contributed by atoms with Crippen LogP contribution in [0.3, 0.4) is 0 Å². The van der Waals surface area contributed by atoms with Crippen LogP contribution in [0, 0.1) is 0 Å². The standard InChI is InChI=1S/C21H25N3O5/c1-22-9-3-6-17(22)14-24(15-18-7-4-11-28-18)20(25)16-23(10-13-27-2)21(26)19-8-5-12-29-19/h3-9,11-12H,10,13-16H2,1-2H3. The van der Waals surface area contributed by atoms with Gasteiger partial charge in [0, 0.05) is 32.6 Å². The zero-order chi connectivity index (χ0) is 20.6. The van der Waals surface area contributed by atoms with E-state index >= 15 is 0 Å². The van der Waals surface area contributed by atoms with Crippen molar-refractivity contribution in [2.45, 2.75) is 13.1 Å². The SMILES string of the molecule is COCCN(CC(=O)N(Cc1ccco1)Cc1cccn1C)C(=O)c1ccco1. The van der Waals surface area contributed by atoms with Crippen molar-refractivity contribution in [1.82, 2.24) is 14.4 Å². The van der Waals surface area contributed by atoms with E-state index in [-0.39, 0.29) is 30.7 Å². The molecule has 3 aromatic rings. The predicted molar refractivity (Wildman–Crippen MR) is 105 cm³/mol. The van der Waals surface area contributed by atoms with Crippen LogP contribution in [0.2, 0.25) is 0 Å². The molecule has 3 aromatic heterocycles. The Morgan fingerprint density at radius 1 is 1.03 bits per heavy atom. The number of furan rings is 2. The van der Waals surface area contributed by atoms with E-state index in [0.717, 1.165) is 5.69 Å². The van der Waals surface area contributed by atoms with E-state index in [1.165, 1.54) is 11.2 Å². The van der Waals surface area contributed by atoms with Crippen LogP contribution in [0.1, 0.15) is 22.0 Å². The minimum Gasteiger partial charge on any atom is -0.467 e. The van der Waals surface area contributed by atoms with Gasteiger partial charge in [0.15, 0.2) is 5.76 Å². The van der Waals surface area contributed by atoms with Gasteiger partial charge in [-0.1, -0.05) is 0 Å². The third-order valence-electron chi connectivity index (χ3n) is 4.59. The van der Waals surface area contributed by atoms with Crippen LogP contribution < -0.4 is 0 Å². The molecule has 0 aliphatic rings. The molecule has 29 heavy (non-hydrogen) atoms. The second-order valence-electron chi connectivity index (χ2n) is 6.64. The lowest BCUT2D eigenvalue weighted by Crippen LogP contribution is -2.43. The second-order valence-corrected chi connectivity index (χ2v) is 6.64. The monoisotopic (exact) mass is 399 g/mol. The number of amides is 2. The molecular weight excluding hydrogens is 374 g/mol. The molecule has 8 heteroatoms. The highest BCUT2D eigenvalue weighted by Gasteiger charge is 2.25. The first kappa shape index (κ1) is 20.5. The van der Waals surface area contributed by atoms with Crippen molar-refractivity contribution in [3.05, 3.63) is 72.3 Å². The van der Waals surface area contributed by atoms with Gasteiger partial charge in [-0.25, -0.2) is 0 Å². The molecule has 0 radical (unpaired) electrons. The summed E-state index contributed by atoms with van der Waals surface area (Å²) >= 11 is 0. The van der Waals surface area contributed by atoms with E-state index in [9.17, 15) is 9.59 Å². The fraction of sp³-hybridized carbons (Fsp3) is 0.333. The molecule has 0 aliphatic carbocycles. The molecule has 0 aliphatic heterocycles. The van der Waals surface area contributed by atoms with Gasteiger partial charge >= 0.3 is 0 Å². The van der Waals surface area contributed by atoms with Gasteiger partial charge in [0.25, 0.3) is 5.91 Å². The molecule has 2 amide bonds. The number of rotatable bonds is 10. The van der Waals surface area contributed by atoms with Crippen LogP contribution in [0.25, 0.3) is 0 Å². The van der Waals surface area contributed by atoms with E-state index in [0.29, 0.717) is 25.5 Å². The third-order valence-corrected chi connectivity index (χ3v) is 4.59. The molecule has 0 fully saturated rings. The van der Waals surface area contributed by atoms with Crippen molar-refractivity contribution < 1.29 is 23.2 Å². The number of aryl methyl sites for hydroxylation is 1. The Morgan fingerprint density at radius 3 is 2.45 bits per heavy atom. The van der Waals surface area contributed by atoms with Crippen molar-refractivity contribution >= 4 is 11.8 Å². The number of methoxy groups -OCH3 is 1. The molecule has 3 heterocycles. The Morgan fingerprint density at radius 2 is 1.83 bits per heavy atom. The maximum Gasteiger partial charge on any atom is 0.290 e. The van der Waals surface area contributed by atoms with Crippen molar-refractivity contribution in [2.24, 2.45) is 7.05 Å². The quantitative estimate of drug-likeness (QED) is 0.523. The Labute approximate surface area is 169 Å². The van der Waals surface area contributed by atoms with E-state index in [1.807, 2.05) is 36.0 Å².